The number of aromatic amines is 1. The fraction of sp³-hybridized carbons (Fsp3) is 0.316. The first-order chi connectivity index (χ1) is 13.1. The van der Waals surface area contributed by atoms with Gasteiger partial charge in [0.25, 0.3) is 0 Å². The molecule has 3 aromatic rings. The number of hydrogen-bond acceptors (Lipinski definition) is 7. The number of esters is 1. The highest BCUT2D eigenvalue weighted by atomic mass is 32.2. The zero-order valence-electron chi connectivity index (χ0n) is 15.3. The average Bonchev–Trinajstić information content (AvgIpc) is 3.24. The summed E-state index contributed by atoms with van der Waals surface area (Å²) in [4.78, 5) is 18.3. The Hall–Kier alpha value is -2.32. The number of nitrogens with one attached hydrogen (secondary N) is 2. The van der Waals surface area contributed by atoms with Crippen molar-refractivity contribution >= 4 is 34.9 Å². The second kappa shape index (κ2) is 7.36. The number of anilines is 1. The molecular formula is C19H20N4O2S2. The molecule has 0 aliphatic carbocycles. The van der Waals surface area contributed by atoms with Crippen molar-refractivity contribution in [2.45, 2.75) is 24.3 Å². The van der Waals surface area contributed by atoms with Gasteiger partial charge in [0, 0.05) is 28.4 Å². The van der Waals surface area contributed by atoms with E-state index in [2.05, 4.69) is 27.4 Å². The van der Waals surface area contributed by atoms with Gasteiger partial charge >= 0.3 is 5.97 Å². The minimum absolute atomic E-state index is 0.0594. The molecule has 0 radical (unpaired) electrons. The van der Waals surface area contributed by atoms with Crippen molar-refractivity contribution in [1.82, 2.24) is 15.2 Å². The van der Waals surface area contributed by atoms with Crippen LogP contribution in [-0.2, 0) is 4.74 Å². The Morgan fingerprint density at radius 3 is 2.96 bits per heavy atom. The summed E-state index contributed by atoms with van der Waals surface area (Å²) in [5, 5.41) is 11.6. The number of thiophene rings is 1. The second-order valence-electron chi connectivity index (χ2n) is 6.43. The summed E-state index contributed by atoms with van der Waals surface area (Å²) >= 11 is 3.37. The van der Waals surface area contributed by atoms with Crippen LogP contribution < -0.4 is 5.32 Å². The molecule has 0 aromatic carbocycles. The molecule has 2 unspecified atom stereocenters. The third-order valence-corrected chi connectivity index (χ3v) is 7.30. The Labute approximate surface area is 165 Å². The zero-order chi connectivity index (χ0) is 19.0. The number of aryl methyl sites for hydroxylation is 1. The molecule has 1 aliphatic heterocycles. The largest absolute Gasteiger partial charge is 0.465 e. The quantitative estimate of drug-likeness (QED) is 0.639. The van der Waals surface area contributed by atoms with E-state index in [4.69, 9.17) is 4.74 Å². The fourth-order valence-corrected chi connectivity index (χ4v) is 5.90. The number of nitrogens with zero attached hydrogens (tertiary/aromatic N) is 2. The molecule has 2 N–H and O–H groups in total. The third kappa shape index (κ3) is 3.35. The molecule has 2 atom stereocenters. The molecular weight excluding hydrogens is 380 g/mol. The summed E-state index contributed by atoms with van der Waals surface area (Å²) in [6.07, 6.45) is 1.77. The first kappa shape index (κ1) is 18.1. The summed E-state index contributed by atoms with van der Waals surface area (Å²) in [5.41, 5.74) is 3.85. The van der Waals surface area contributed by atoms with Crippen LogP contribution in [0.15, 0.2) is 30.5 Å². The summed E-state index contributed by atoms with van der Waals surface area (Å²) in [6.45, 7) is 5.09. The van der Waals surface area contributed by atoms with Gasteiger partial charge in [-0.1, -0.05) is 13.0 Å². The van der Waals surface area contributed by atoms with E-state index in [-0.39, 0.29) is 11.2 Å². The number of H-pyrrole nitrogens is 1. The lowest BCUT2D eigenvalue weighted by Gasteiger charge is -2.18. The molecule has 4 heterocycles. The van der Waals surface area contributed by atoms with Gasteiger partial charge in [0.15, 0.2) is 0 Å². The maximum atomic E-state index is 12.0. The Kier molecular flexibility index (Phi) is 4.92. The lowest BCUT2D eigenvalue weighted by Crippen LogP contribution is -2.11. The van der Waals surface area contributed by atoms with Crippen molar-refractivity contribution in [1.29, 1.82) is 0 Å². The highest BCUT2D eigenvalue weighted by molar-refractivity contribution is 8.00. The average molecular weight is 401 g/mol. The van der Waals surface area contributed by atoms with Gasteiger partial charge in [-0.25, -0.2) is 4.79 Å². The highest BCUT2D eigenvalue weighted by Crippen LogP contribution is 2.49. The lowest BCUT2D eigenvalue weighted by atomic mass is 10.1. The van der Waals surface area contributed by atoms with Crippen molar-refractivity contribution < 1.29 is 9.53 Å². The van der Waals surface area contributed by atoms with Crippen molar-refractivity contribution in [3.8, 4) is 11.4 Å². The number of carbonyl (C=O) groups is 1. The first-order valence-electron chi connectivity index (χ1n) is 8.66. The normalized spacial score (nSPS) is 19.1. The van der Waals surface area contributed by atoms with Gasteiger partial charge in [0.1, 0.15) is 16.4 Å². The van der Waals surface area contributed by atoms with Gasteiger partial charge in [-0.2, -0.15) is 5.10 Å². The maximum Gasteiger partial charge on any atom is 0.348 e. The molecule has 0 fully saturated rings. The number of methoxy groups -OCH3 is 1. The first-order valence-corrected chi connectivity index (χ1v) is 10.4. The van der Waals surface area contributed by atoms with Gasteiger partial charge in [-0.3, -0.25) is 10.1 Å². The number of carbonyl (C=O) groups excluding carboxylic acids is 1. The Morgan fingerprint density at radius 2 is 2.22 bits per heavy atom. The minimum atomic E-state index is -0.295. The van der Waals surface area contributed by atoms with Gasteiger partial charge in [-0.15, -0.1) is 23.1 Å². The minimum Gasteiger partial charge on any atom is -0.465 e. The van der Waals surface area contributed by atoms with E-state index in [0.29, 0.717) is 10.1 Å². The maximum absolute atomic E-state index is 12.0. The van der Waals surface area contributed by atoms with Gasteiger partial charge in [0.2, 0.25) is 0 Å². The van der Waals surface area contributed by atoms with Crippen LogP contribution in [0.3, 0.4) is 0 Å². The number of aromatic nitrogens is 3. The van der Waals surface area contributed by atoms with Crippen molar-refractivity contribution in [3.63, 3.8) is 0 Å². The van der Waals surface area contributed by atoms with Crippen molar-refractivity contribution in [3.05, 3.63) is 51.3 Å². The van der Waals surface area contributed by atoms with Gasteiger partial charge in [-0.05, 0) is 30.7 Å². The number of pyridine rings is 1. The molecule has 0 saturated heterocycles. The van der Waals surface area contributed by atoms with E-state index >= 15 is 0 Å². The summed E-state index contributed by atoms with van der Waals surface area (Å²) in [7, 11) is 1.41. The topological polar surface area (TPSA) is 79.9 Å². The highest BCUT2D eigenvalue weighted by Gasteiger charge is 2.32. The summed E-state index contributed by atoms with van der Waals surface area (Å²) in [5.74, 6) is 0.626. The molecule has 1 aliphatic rings. The van der Waals surface area contributed by atoms with E-state index in [0.717, 1.165) is 39.8 Å². The molecule has 3 aromatic heterocycles. The molecule has 6 nitrogen and oxygen atoms in total. The smallest absolute Gasteiger partial charge is 0.348 e. The predicted octanol–water partition coefficient (Wildman–Crippen LogP) is 4.26. The molecule has 0 bridgehead atoms. The van der Waals surface area contributed by atoms with Crippen LogP contribution in [0.2, 0.25) is 0 Å². The van der Waals surface area contributed by atoms with Crippen LogP contribution in [0.1, 0.15) is 37.8 Å². The number of ether oxygens (including phenoxy) is 1. The van der Waals surface area contributed by atoms with E-state index in [9.17, 15) is 4.79 Å². The number of rotatable bonds is 3. The summed E-state index contributed by atoms with van der Waals surface area (Å²) < 4.78 is 4.91. The van der Waals surface area contributed by atoms with Crippen LogP contribution in [0.4, 0.5) is 5.82 Å². The number of hydrogen-bond donors (Lipinski definition) is 2. The van der Waals surface area contributed by atoms with Crippen LogP contribution in [0, 0.1) is 6.92 Å². The Balaban J connectivity index is 1.86. The molecule has 0 amide bonds. The molecule has 4 rings (SSSR count). The standard InChI is InChI=1S/C19H20N4O2S2/c1-10-8-13(19(24)25-3)27-16(10)17-14-15(12-6-4-5-7-20-12)22-23-18(14)21-9-11(2)26-17/h4-8,11,17H,9H2,1-3H3,(H2,21,22,23). The van der Waals surface area contributed by atoms with Crippen LogP contribution >= 0.6 is 23.1 Å². The van der Waals surface area contributed by atoms with Crippen LogP contribution in [-0.4, -0.2) is 40.1 Å². The molecule has 0 spiro atoms. The van der Waals surface area contributed by atoms with Crippen LogP contribution in [0.5, 0.6) is 0 Å². The third-order valence-electron chi connectivity index (χ3n) is 4.49. The van der Waals surface area contributed by atoms with Crippen LogP contribution in [0.25, 0.3) is 11.4 Å². The number of thioether (sulfide) groups is 1. The fourth-order valence-electron chi connectivity index (χ4n) is 3.18. The predicted molar refractivity (Wildman–Crippen MR) is 110 cm³/mol. The Morgan fingerprint density at radius 1 is 1.37 bits per heavy atom. The Bertz CT molecular complexity index is 968. The molecule has 140 valence electrons. The molecule has 8 heteroatoms. The zero-order valence-corrected chi connectivity index (χ0v) is 16.9. The monoisotopic (exact) mass is 400 g/mol. The molecule has 27 heavy (non-hydrogen) atoms. The van der Waals surface area contributed by atoms with Gasteiger partial charge < -0.3 is 10.1 Å². The lowest BCUT2D eigenvalue weighted by molar-refractivity contribution is 0.0606. The molecule has 0 saturated carbocycles. The van der Waals surface area contributed by atoms with E-state index in [1.165, 1.54) is 18.4 Å². The number of fused-ring (bicyclic) bond motifs is 1. The summed E-state index contributed by atoms with van der Waals surface area (Å²) in [6, 6.07) is 7.74. The van der Waals surface area contributed by atoms with E-state index < -0.39 is 0 Å². The SMILES string of the molecule is COC(=O)c1cc(C)c(C2SC(C)CNc3[nH]nc(-c4ccccn4)c32)s1. The van der Waals surface area contributed by atoms with E-state index in [1.54, 1.807) is 6.20 Å². The second-order valence-corrected chi connectivity index (χ2v) is 9.07. The van der Waals surface area contributed by atoms with Crippen molar-refractivity contribution in [2.24, 2.45) is 0 Å². The van der Waals surface area contributed by atoms with Gasteiger partial charge in [0.05, 0.1) is 18.1 Å². The van der Waals surface area contributed by atoms with Crippen molar-refractivity contribution in [2.75, 3.05) is 19.0 Å². The van der Waals surface area contributed by atoms with E-state index in [1.807, 2.05) is 43.0 Å².